The zero-order chi connectivity index (χ0) is 23.5. The second kappa shape index (κ2) is 10.3. The lowest BCUT2D eigenvalue weighted by Gasteiger charge is -2.40. The Hall–Kier alpha value is -2.71. The van der Waals surface area contributed by atoms with Gasteiger partial charge in [-0.2, -0.15) is 0 Å². The van der Waals surface area contributed by atoms with Crippen LogP contribution in [0.15, 0.2) is 27.0 Å². The highest BCUT2D eigenvalue weighted by atomic mass is 16.4. The summed E-state index contributed by atoms with van der Waals surface area (Å²) in [5.41, 5.74) is 2.85. The third-order valence-electron chi connectivity index (χ3n) is 7.31. The lowest BCUT2D eigenvalue weighted by molar-refractivity contribution is 0.0888. The molecule has 8 nitrogen and oxygen atoms in total. The first kappa shape index (κ1) is 23.1. The van der Waals surface area contributed by atoms with Gasteiger partial charge in [0.15, 0.2) is 5.76 Å². The van der Waals surface area contributed by atoms with Gasteiger partial charge in [-0.3, -0.25) is 4.79 Å². The Morgan fingerprint density at radius 3 is 2.65 bits per heavy atom. The third kappa shape index (κ3) is 5.03. The van der Waals surface area contributed by atoms with E-state index in [9.17, 15) is 4.79 Å². The van der Waals surface area contributed by atoms with Crippen LogP contribution < -0.4 is 5.32 Å². The highest BCUT2D eigenvalue weighted by Crippen LogP contribution is 2.32. The number of nitrogens with zero attached hydrogens (tertiary/aromatic N) is 4. The molecule has 34 heavy (non-hydrogen) atoms. The molecule has 0 spiro atoms. The number of carbonyl (C=O) groups excluding carboxylic acids is 1. The molecule has 0 radical (unpaired) electrons. The van der Waals surface area contributed by atoms with Crippen molar-refractivity contribution in [2.75, 3.05) is 39.3 Å². The van der Waals surface area contributed by atoms with Crippen molar-refractivity contribution in [3.8, 4) is 11.7 Å². The van der Waals surface area contributed by atoms with E-state index in [1.54, 1.807) is 0 Å². The number of piperidine rings is 2. The van der Waals surface area contributed by atoms with Crippen LogP contribution in [0.3, 0.4) is 0 Å². The minimum atomic E-state index is -0.341. The number of rotatable bonds is 7. The van der Waals surface area contributed by atoms with Crippen LogP contribution in [0.1, 0.15) is 60.3 Å². The van der Waals surface area contributed by atoms with Crippen LogP contribution in [0.5, 0.6) is 0 Å². The summed E-state index contributed by atoms with van der Waals surface area (Å²) >= 11 is 0. The van der Waals surface area contributed by atoms with E-state index >= 15 is 0 Å². The predicted molar refractivity (Wildman–Crippen MR) is 131 cm³/mol. The molecule has 2 aliphatic heterocycles. The molecule has 2 aliphatic rings. The van der Waals surface area contributed by atoms with Crippen molar-refractivity contribution in [2.45, 2.75) is 58.4 Å². The number of aryl methyl sites for hydroxylation is 2. The largest absolute Gasteiger partial charge is 0.451 e. The summed E-state index contributed by atoms with van der Waals surface area (Å²) in [5, 5.41) is 11.9. The third-order valence-corrected chi connectivity index (χ3v) is 7.31. The molecule has 2 saturated heterocycles. The first-order valence-corrected chi connectivity index (χ1v) is 12.7. The topological polar surface area (TPSA) is 87.6 Å². The molecule has 5 rings (SSSR count). The van der Waals surface area contributed by atoms with E-state index in [4.69, 9.17) is 8.83 Å². The van der Waals surface area contributed by atoms with Gasteiger partial charge in [-0.1, -0.05) is 18.1 Å². The summed E-state index contributed by atoms with van der Waals surface area (Å²) in [6, 6.07) is 6.76. The maximum atomic E-state index is 12.5. The van der Waals surface area contributed by atoms with E-state index in [-0.39, 0.29) is 17.7 Å². The molecule has 0 saturated carbocycles. The average Bonchev–Trinajstić information content (AvgIpc) is 3.48. The SMILES string of the molecule is Cc1ccc2oc(-c3nnc(C(=O)NCCCN4CCC(N5CCCCC5)CC4)o3)c(C)c2c1. The van der Waals surface area contributed by atoms with Crippen molar-refractivity contribution >= 4 is 16.9 Å². The Bertz CT molecular complexity index is 1120. The maximum absolute atomic E-state index is 12.5. The van der Waals surface area contributed by atoms with Crippen LogP contribution in [-0.4, -0.2) is 71.2 Å². The number of carbonyl (C=O) groups is 1. The fraction of sp³-hybridized carbons (Fsp3) is 0.577. The molecular formula is C26H35N5O3. The highest BCUT2D eigenvalue weighted by molar-refractivity contribution is 5.90. The zero-order valence-corrected chi connectivity index (χ0v) is 20.3. The smallest absolute Gasteiger partial charge is 0.308 e. The van der Waals surface area contributed by atoms with Crippen LogP contribution in [0, 0.1) is 13.8 Å². The first-order chi connectivity index (χ1) is 16.6. The summed E-state index contributed by atoms with van der Waals surface area (Å²) in [6.07, 6.45) is 7.54. The highest BCUT2D eigenvalue weighted by Gasteiger charge is 2.25. The molecule has 8 heteroatoms. The van der Waals surface area contributed by atoms with Crippen molar-refractivity contribution in [1.82, 2.24) is 25.3 Å². The van der Waals surface area contributed by atoms with Crippen LogP contribution in [-0.2, 0) is 0 Å². The monoisotopic (exact) mass is 465 g/mol. The minimum absolute atomic E-state index is 0.0339. The predicted octanol–water partition coefficient (Wildman–Crippen LogP) is 4.17. The van der Waals surface area contributed by atoms with Crippen molar-refractivity contribution in [2.24, 2.45) is 0 Å². The molecule has 2 aromatic heterocycles. The van der Waals surface area contributed by atoms with Gasteiger partial charge in [-0.15, -0.1) is 10.2 Å². The van der Waals surface area contributed by atoms with Gasteiger partial charge in [0, 0.05) is 23.5 Å². The average molecular weight is 466 g/mol. The van der Waals surface area contributed by atoms with Gasteiger partial charge < -0.3 is 24.0 Å². The molecule has 0 bridgehead atoms. The summed E-state index contributed by atoms with van der Waals surface area (Å²) in [7, 11) is 0. The van der Waals surface area contributed by atoms with Crippen LogP contribution in [0.25, 0.3) is 22.6 Å². The minimum Gasteiger partial charge on any atom is -0.451 e. The van der Waals surface area contributed by atoms with Gasteiger partial charge in [0.1, 0.15) is 5.58 Å². The Balaban J connectivity index is 1.08. The number of benzene rings is 1. The van der Waals surface area contributed by atoms with Gasteiger partial charge in [0.2, 0.25) is 0 Å². The van der Waals surface area contributed by atoms with Crippen molar-refractivity contribution in [1.29, 1.82) is 0 Å². The summed E-state index contributed by atoms with van der Waals surface area (Å²) in [4.78, 5) is 17.7. The molecule has 2 fully saturated rings. The number of hydrogen-bond donors (Lipinski definition) is 1. The molecular weight excluding hydrogens is 430 g/mol. The molecule has 3 aromatic rings. The molecule has 1 amide bonds. The van der Waals surface area contributed by atoms with Gasteiger partial charge in [0.25, 0.3) is 5.89 Å². The van der Waals surface area contributed by atoms with E-state index in [1.165, 1.54) is 45.2 Å². The number of amides is 1. The maximum Gasteiger partial charge on any atom is 0.308 e. The lowest BCUT2D eigenvalue weighted by Crippen LogP contribution is -2.47. The van der Waals surface area contributed by atoms with Crippen LogP contribution >= 0.6 is 0 Å². The summed E-state index contributed by atoms with van der Waals surface area (Å²) < 4.78 is 11.6. The lowest BCUT2D eigenvalue weighted by atomic mass is 10.00. The number of fused-ring (bicyclic) bond motifs is 1. The molecule has 4 heterocycles. The molecule has 0 aliphatic carbocycles. The normalized spacial score (nSPS) is 18.5. The van der Waals surface area contributed by atoms with Crippen LogP contribution in [0.4, 0.5) is 0 Å². The van der Waals surface area contributed by atoms with Gasteiger partial charge in [-0.05, 0) is 90.8 Å². The second-order valence-electron chi connectivity index (χ2n) is 9.75. The van der Waals surface area contributed by atoms with E-state index in [0.29, 0.717) is 12.3 Å². The van der Waals surface area contributed by atoms with Crippen LogP contribution in [0.2, 0.25) is 0 Å². The van der Waals surface area contributed by atoms with Crippen molar-refractivity contribution in [3.63, 3.8) is 0 Å². The second-order valence-corrected chi connectivity index (χ2v) is 9.75. The van der Waals surface area contributed by atoms with Gasteiger partial charge >= 0.3 is 11.8 Å². The number of aromatic nitrogens is 2. The fourth-order valence-electron chi connectivity index (χ4n) is 5.32. The number of furan rings is 1. The first-order valence-electron chi connectivity index (χ1n) is 12.7. The van der Waals surface area contributed by atoms with Crippen molar-refractivity contribution < 1.29 is 13.6 Å². The van der Waals surface area contributed by atoms with Crippen molar-refractivity contribution in [3.05, 3.63) is 35.2 Å². The molecule has 182 valence electrons. The molecule has 1 aromatic carbocycles. The van der Waals surface area contributed by atoms with Gasteiger partial charge in [-0.25, -0.2) is 0 Å². The molecule has 1 N–H and O–H groups in total. The molecule has 0 atom stereocenters. The Kier molecular flexibility index (Phi) is 6.97. The summed E-state index contributed by atoms with van der Waals surface area (Å²) in [5.74, 6) is 0.369. The molecule has 0 unspecified atom stereocenters. The number of hydrogen-bond acceptors (Lipinski definition) is 7. The van der Waals surface area contributed by atoms with E-state index < -0.39 is 0 Å². The number of likely N-dealkylation sites (tertiary alicyclic amines) is 2. The Morgan fingerprint density at radius 1 is 1.06 bits per heavy atom. The van der Waals surface area contributed by atoms with E-state index in [1.807, 2.05) is 26.0 Å². The Labute approximate surface area is 200 Å². The number of nitrogens with one attached hydrogen (secondary N) is 1. The summed E-state index contributed by atoms with van der Waals surface area (Å²) in [6.45, 7) is 10.5. The van der Waals surface area contributed by atoms with Gasteiger partial charge in [0.05, 0.1) is 0 Å². The zero-order valence-electron chi connectivity index (χ0n) is 20.3. The Morgan fingerprint density at radius 2 is 1.85 bits per heavy atom. The fourth-order valence-corrected chi connectivity index (χ4v) is 5.32. The standard InChI is InChI=1S/C26H35N5O3/c1-18-7-8-22-21(17-18)19(2)23(33-22)25-28-29-26(34-25)24(32)27-11-6-12-30-15-9-20(10-16-30)31-13-4-3-5-14-31/h7-8,17,20H,3-6,9-16H2,1-2H3,(H,27,32). The van der Waals surface area contributed by atoms with E-state index in [0.717, 1.165) is 54.2 Å². The van der Waals surface area contributed by atoms with E-state index in [2.05, 4.69) is 31.4 Å². The quantitative estimate of drug-likeness (QED) is 0.524.